The summed E-state index contributed by atoms with van der Waals surface area (Å²) in [6.45, 7) is 0.878. The first kappa shape index (κ1) is 43.8. The molecule has 1 saturated heterocycles. The zero-order valence-electron chi connectivity index (χ0n) is 31.6. The average Bonchev–Trinajstić information content (AvgIpc) is 3.93. The summed E-state index contributed by atoms with van der Waals surface area (Å²) in [5, 5.41) is 22.5. The van der Waals surface area contributed by atoms with Crippen LogP contribution < -0.4 is 32.3 Å². The molecule has 0 aromatic heterocycles. The van der Waals surface area contributed by atoms with Crippen molar-refractivity contribution < 1.29 is 51.8 Å². The van der Waals surface area contributed by atoms with Crippen LogP contribution in [0, 0.1) is 23.7 Å². The van der Waals surface area contributed by atoms with Crippen molar-refractivity contribution in [3.8, 4) is 0 Å². The van der Waals surface area contributed by atoms with Crippen LogP contribution >= 0.6 is 0 Å². The molecule has 0 radical (unpaired) electrons. The van der Waals surface area contributed by atoms with Gasteiger partial charge in [0.1, 0.15) is 23.7 Å². The lowest BCUT2D eigenvalue weighted by Crippen LogP contribution is -2.64. The van der Waals surface area contributed by atoms with Crippen molar-refractivity contribution in [2.24, 2.45) is 29.4 Å². The first-order valence-electron chi connectivity index (χ1n) is 19.8. The van der Waals surface area contributed by atoms with E-state index in [0.717, 1.165) is 12.8 Å². The highest BCUT2D eigenvalue weighted by molar-refractivity contribution is 5.98. The highest BCUT2D eigenvalue weighted by Crippen LogP contribution is 2.44. The Morgan fingerprint density at radius 2 is 1.58 bits per heavy atom. The predicted octanol–water partition coefficient (Wildman–Crippen LogP) is 1.63. The van der Waals surface area contributed by atoms with E-state index >= 15 is 0 Å². The van der Waals surface area contributed by atoms with Gasteiger partial charge in [0, 0.05) is 13.1 Å². The molecule has 18 heteroatoms. The lowest BCUT2D eigenvalue weighted by atomic mass is 9.73. The summed E-state index contributed by atoms with van der Waals surface area (Å²) in [6.07, 6.45) is 2.36. The molecule has 0 bridgehead atoms. The molecule has 4 fully saturated rings. The van der Waals surface area contributed by atoms with E-state index in [1.807, 2.05) is 0 Å². The predicted molar refractivity (Wildman–Crippen MR) is 193 cm³/mol. The van der Waals surface area contributed by atoms with Crippen molar-refractivity contribution in [3.05, 3.63) is 0 Å². The van der Waals surface area contributed by atoms with Gasteiger partial charge >= 0.3 is 12.1 Å². The first-order valence-corrected chi connectivity index (χ1v) is 19.8. The Balaban J connectivity index is 1.46. The topological polar surface area (TPSA) is 229 Å². The molecular formula is C37H58F3N7O8. The number of nitrogens with zero attached hydrogens (tertiary/aromatic N) is 1. The Kier molecular flexibility index (Phi) is 15.7. The van der Waals surface area contributed by atoms with Gasteiger partial charge in [-0.05, 0) is 88.4 Å². The fraction of sp³-hybridized carbons (Fsp3) is 0.811. The monoisotopic (exact) mass is 785 g/mol. The summed E-state index contributed by atoms with van der Waals surface area (Å²) in [4.78, 5) is 92.5. The second-order valence-electron chi connectivity index (χ2n) is 15.9. The van der Waals surface area contributed by atoms with Crippen LogP contribution in [0.3, 0.4) is 0 Å². The molecule has 0 aromatic rings. The van der Waals surface area contributed by atoms with Crippen LogP contribution in [-0.2, 0) is 33.6 Å². The van der Waals surface area contributed by atoms with Crippen molar-refractivity contribution in [2.45, 2.75) is 139 Å². The number of carbonyl (C=O) groups is 7. The van der Waals surface area contributed by atoms with Crippen LogP contribution in [0.1, 0.15) is 110 Å². The summed E-state index contributed by atoms with van der Waals surface area (Å²) in [5.74, 6) is -6.65. The third-order valence-electron chi connectivity index (χ3n) is 12.0. The Hall–Kier alpha value is -3.96. The van der Waals surface area contributed by atoms with E-state index in [1.54, 1.807) is 6.92 Å². The molecule has 1 heterocycles. The molecule has 55 heavy (non-hydrogen) atoms. The molecule has 310 valence electrons. The summed E-state index contributed by atoms with van der Waals surface area (Å²) < 4.78 is 40.5. The van der Waals surface area contributed by atoms with E-state index in [-0.39, 0.29) is 57.2 Å². The van der Waals surface area contributed by atoms with Gasteiger partial charge in [0.15, 0.2) is 0 Å². The quantitative estimate of drug-likeness (QED) is 0.114. The number of nitrogens with two attached hydrogens (primary N) is 1. The number of carbonyl (C=O) groups excluding carboxylic acids is 6. The minimum absolute atomic E-state index is 0.0219. The van der Waals surface area contributed by atoms with Crippen LogP contribution in [0.4, 0.5) is 13.2 Å². The Bertz CT molecular complexity index is 1400. The lowest BCUT2D eigenvalue weighted by Gasteiger charge is -2.36. The maximum atomic E-state index is 14.2. The smallest absolute Gasteiger partial charge is 0.392 e. The molecule has 6 atom stereocenters. The number of likely N-dealkylation sites (tertiary alicyclic amines) is 1. The van der Waals surface area contributed by atoms with E-state index in [2.05, 4.69) is 26.6 Å². The third kappa shape index (κ3) is 12.0. The Morgan fingerprint density at radius 3 is 2.20 bits per heavy atom. The molecule has 4 aliphatic rings. The number of rotatable bonds is 17. The van der Waals surface area contributed by atoms with E-state index in [4.69, 9.17) is 10.8 Å². The average molecular weight is 786 g/mol. The van der Waals surface area contributed by atoms with Crippen LogP contribution in [0.2, 0.25) is 0 Å². The Morgan fingerprint density at radius 1 is 0.891 bits per heavy atom. The molecule has 3 aliphatic carbocycles. The number of hydrogen-bond acceptors (Lipinski definition) is 8. The fourth-order valence-corrected chi connectivity index (χ4v) is 8.99. The molecular weight excluding hydrogens is 727 g/mol. The summed E-state index contributed by atoms with van der Waals surface area (Å²) >= 11 is 0. The lowest BCUT2D eigenvalue weighted by molar-refractivity contribution is -0.197. The number of carboxylic acids is 1. The SMILES string of the molecule is CC1CC(CC[C@H](NC(=O)CNC(=O)CN)C(=O)N2CCC[C@H]2C(=O)NC2(C(=O)N[C@H](C(=O)NCCC(=O)O)C3CCCC3)CCCC2)CCC1C(F)(F)F. The summed E-state index contributed by atoms with van der Waals surface area (Å²) in [5.41, 5.74) is 3.98. The van der Waals surface area contributed by atoms with Crippen LogP contribution in [0.15, 0.2) is 0 Å². The molecule has 3 unspecified atom stereocenters. The highest BCUT2D eigenvalue weighted by atomic mass is 19.4. The minimum atomic E-state index is -4.29. The second-order valence-corrected chi connectivity index (χ2v) is 15.9. The maximum absolute atomic E-state index is 14.2. The van der Waals surface area contributed by atoms with Crippen LogP contribution in [0.5, 0.6) is 0 Å². The van der Waals surface area contributed by atoms with Gasteiger partial charge in [-0.1, -0.05) is 32.6 Å². The molecule has 3 saturated carbocycles. The zero-order valence-corrected chi connectivity index (χ0v) is 31.6. The van der Waals surface area contributed by atoms with Gasteiger partial charge in [-0.2, -0.15) is 13.2 Å². The minimum Gasteiger partial charge on any atom is -0.481 e. The van der Waals surface area contributed by atoms with Crippen molar-refractivity contribution in [1.82, 2.24) is 31.5 Å². The highest BCUT2D eigenvalue weighted by Gasteiger charge is 2.48. The normalized spacial score (nSPS) is 25.1. The van der Waals surface area contributed by atoms with Crippen molar-refractivity contribution in [3.63, 3.8) is 0 Å². The van der Waals surface area contributed by atoms with E-state index in [1.165, 1.54) is 4.90 Å². The second kappa shape index (κ2) is 19.8. The molecule has 1 aliphatic heterocycles. The molecule has 0 spiro atoms. The van der Waals surface area contributed by atoms with E-state index < -0.39 is 89.6 Å². The molecule has 4 rings (SSSR count). The number of carboxylic acid groups (broad SMARTS) is 1. The van der Waals surface area contributed by atoms with Crippen molar-refractivity contribution in [1.29, 1.82) is 0 Å². The number of amides is 6. The van der Waals surface area contributed by atoms with E-state index in [9.17, 15) is 46.7 Å². The molecule has 6 amide bonds. The summed E-state index contributed by atoms with van der Waals surface area (Å²) in [6, 6.07) is -3.00. The number of halogens is 3. The van der Waals surface area contributed by atoms with Crippen LogP contribution in [0.25, 0.3) is 0 Å². The van der Waals surface area contributed by atoms with Gasteiger partial charge in [0.05, 0.1) is 25.4 Å². The van der Waals surface area contributed by atoms with Gasteiger partial charge in [-0.15, -0.1) is 0 Å². The van der Waals surface area contributed by atoms with Gasteiger partial charge < -0.3 is 42.3 Å². The van der Waals surface area contributed by atoms with Gasteiger partial charge in [-0.3, -0.25) is 33.6 Å². The molecule has 15 nitrogen and oxygen atoms in total. The van der Waals surface area contributed by atoms with Gasteiger partial charge in [0.25, 0.3) is 0 Å². The van der Waals surface area contributed by atoms with Gasteiger partial charge in [0.2, 0.25) is 35.4 Å². The van der Waals surface area contributed by atoms with Crippen molar-refractivity contribution in [2.75, 3.05) is 26.2 Å². The Labute approximate surface area is 319 Å². The fourth-order valence-electron chi connectivity index (χ4n) is 8.99. The van der Waals surface area contributed by atoms with Crippen molar-refractivity contribution >= 4 is 41.4 Å². The number of nitrogens with one attached hydrogen (secondary N) is 5. The zero-order chi connectivity index (χ0) is 40.3. The van der Waals surface area contributed by atoms with Crippen LogP contribution in [-0.4, -0.2) is 107 Å². The maximum Gasteiger partial charge on any atom is 0.392 e. The molecule has 8 N–H and O–H groups in total. The standard InChI is InChI=1S/C37H58F3N7O8/c1-22-19-23(10-12-25(22)37(38,39)40)11-13-26(44-29(49)21-43-28(48)20-41)34(54)47-18-6-9-27(47)32(52)46-36(15-4-5-16-36)35(55)45-31(24-7-2-3-8-24)33(53)42-17-14-30(50)51/h22-27,31H,2-21,41H2,1H3,(H,42,53)(H,43,48)(H,44,49)(H,45,55)(H,46,52)(H,50,51)/t22?,23?,25?,26-,27-,31-/m0/s1. The third-order valence-corrected chi connectivity index (χ3v) is 12.0. The molecule has 0 aromatic carbocycles. The number of hydrogen-bond donors (Lipinski definition) is 7. The number of aliphatic carboxylic acids is 1. The summed E-state index contributed by atoms with van der Waals surface area (Å²) in [7, 11) is 0. The largest absolute Gasteiger partial charge is 0.481 e. The number of alkyl halides is 3. The van der Waals surface area contributed by atoms with Gasteiger partial charge in [-0.25, -0.2) is 0 Å². The van der Waals surface area contributed by atoms with E-state index in [0.29, 0.717) is 64.2 Å². The first-order chi connectivity index (χ1) is 26.0.